The van der Waals surface area contributed by atoms with Crippen molar-refractivity contribution >= 4 is 25.0 Å². The highest BCUT2D eigenvalue weighted by Gasteiger charge is 2.37. The number of carbonyl (C=O) groups is 1. The van der Waals surface area contributed by atoms with Gasteiger partial charge in [-0.05, 0) is 18.2 Å². The first-order valence-electron chi connectivity index (χ1n) is 15.4. The number of hydrogen-bond donors (Lipinski definition) is 2. The van der Waals surface area contributed by atoms with Crippen molar-refractivity contribution in [3.8, 4) is 11.5 Å². The second-order valence-electron chi connectivity index (χ2n) is 12.3. The second-order valence-corrected chi connectivity index (χ2v) is 16.6. The minimum Gasteiger partial charge on any atom is -0.558 e. The third-order valence-electron chi connectivity index (χ3n) is 8.46. The van der Waals surface area contributed by atoms with Crippen molar-refractivity contribution in [2.75, 3.05) is 33.0 Å². The molecule has 9 heteroatoms. The van der Waals surface area contributed by atoms with Gasteiger partial charge in [-0.15, -0.1) is 5.04 Å². The van der Waals surface area contributed by atoms with Crippen molar-refractivity contribution in [1.82, 2.24) is 9.88 Å². The summed E-state index contributed by atoms with van der Waals surface area (Å²) < 4.78 is 18.8. The van der Waals surface area contributed by atoms with Gasteiger partial charge >= 0.3 is 0 Å². The van der Waals surface area contributed by atoms with Crippen molar-refractivity contribution < 1.29 is 28.9 Å². The molecule has 2 atom stereocenters. The minimum absolute atomic E-state index is 0.0942. The third kappa shape index (κ3) is 7.03. The Labute approximate surface area is 266 Å². The number of aliphatic hydroxyl groups excluding tert-OH is 1. The van der Waals surface area contributed by atoms with Crippen LogP contribution in [0.25, 0.3) is 0 Å². The molecule has 45 heavy (non-hydrogen) atoms. The van der Waals surface area contributed by atoms with E-state index in [0.717, 1.165) is 5.69 Å². The smallest absolute Gasteiger partial charge is 0.157 e. The van der Waals surface area contributed by atoms with E-state index in [2.05, 4.69) is 69.3 Å². The molecule has 1 saturated heterocycles. The molecule has 0 spiro atoms. The Bertz CT molecular complexity index is 1510. The van der Waals surface area contributed by atoms with Crippen LogP contribution in [0.2, 0.25) is 5.04 Å². The van der Waals surface area contributed by atoms with Gasteiger partial charge in [0.1, 0.15) is 24.3 Å². The summed E-state index contributed by atoms with van der Waals surface area (Å²) in [5.74, 6) is 0.145. The number of nitrogens with zero attached hydrogens (tertiary/aromatic N) is 2. The average molecular weight is 627 g/mol. The quantitative estimate of drug-likeness (QED) is 0.175. The number of aldehydes is 1. The van der Waals surface area contributed by atoms with Crippen LogP contribution in [0, 0.1) is 0 Å². The zero-order chi connectivity index (χ0) is 31.9. The molecule has 1 aliphatic heterocycles. The Morgan fingerprint density at radius 1 is 1.00 bits per heavy atom. The first-order chi connectivity index (χ1) is 21.8. The van der Waals surface area contributed by atoms with Gasteiger partial charge in [0.15, 0.2) is 6.29 Å². The highest BCUT2D eigenvalue weighted by Crippen LogP contribution is 2.37. The molecule has 1 fully saturated rings. The molecule has 0 saturated carbocycles. The summed E-state index contributed by atoms with van der Waals surface area (Å²) in [6.07, 6.45) is 1.89. The number of morpholine rings is 1. The lowest BCUT2D eigenvalue weighted by Crippen LogP contribution is -2.66. The number of carbonyl (C=O) groups excluding carboxylic acids is 1. The van der Waals surface area contributed by atoms with Gasteiger partial charge in [0.25, 0.3) is 0 Å². The summed E-state index contributed by atoms with van der Waals surface area (Å²) in [6.45, 7) is 8.66. The number of aromatic hydroxyl groups is 1. The highest BCUT2D eigenvalue weighted by molar-refractivity contribution is 6.99. The van der Waals surface area contributed by atoms with Crippen LogP contribution >= 0.6 is 0 Å². The lowest BCUT2D eigenvalue weighted by Gasteiger charge is -2.55. The number of rotatable bonds is 12. The van der Waals surface area contributed by atoms with Gasteiger partial charge in [-0.2, -0.15) is 10.4 Å². The van der Waals surface area contributed by atoms with Gasteiger partial charge in [0.05, 0.1) is 33.1 Å². The minimum atomic E-state index is -2.72. The Hall–Kier alpha value is -3.86. The van der Waals surface area contributed by atoms with Crippen LogP contribution in [-0.4, -0.2) is 73.7 Å². The topological polar surface area (TPSA) is 101 Å². The van der Waals surface area contributed by atoms with Gasteiger partial charge in [0.2, 0.25) is 0 Å². The monoisotopic (exact) mass is 626 g/mol. The molecule has 1 aromatic heterocycles. The largest absolute Gasteiger partial charge is 0.558 e. The summed E-state index contributed by atoms with van der Waals surface area (Å²) in [4.78, 5) is 18.2. The van der Waals surface area contributed by atoms with E-state index in [4.69, 9.17) is 18.9 Å². The van der Waals surface area contributed by atoms with E-state index in [1.54, 1.807) is 18.3 Å². The predicted octanol–water partition coefficient (Wildman–Crippen LogP) is 4.49. The summed E-state index contributed by atoms with van der Waals surface area (Å²) in [5, 5.41) is 24.0. The number of hydrogen-bond acceptors (Lipinski definition) is 8. The molecule has 0 aliphatic carbocycles. The van der Waals surface area contributed by atoms with Crippen LogP contribution < -0.4 is 15.1 Å². The molecule has 1 aliphatic rings. The fraction of sp³-hybridized carbons (Fsp3) is 0.333. The van der Waals surface area contributed by atoms with Gasteiger partial charge in [-0.25, -0.2) is 0 Å². The Morgan fingerprint density at radius 2 is 1.69 bits per heavy atom. The van der Waals surface area contributed by atoms with Gasteiger partial charge in [-0.1, -0.05) is 93.6 Å². The van der Waals surface area contributed by atoms with Crippen molar-refractivity contribution in [2.24, 2.45) is 0 Å². The fourth-order valence-electron chi connectivity index (χ4n) is 6.23. The predicted molar refractivity (Wildman–Crippen MR) is 177 cm³/mol. The molecule has 2 heterocycles. The first kappa shape index (κ1) is 32.5. The zero-order valence-electron chi connectivity index (χ0n) is 26.1. The Morgan fingerprint density at radius 3 is 2.33 bits per heavy atom. The van der Waals surface area contributed by atoms with Crippen LogP contribution in [-0.2, 0) is 15.6 Å². The summed E-state index contributed by atoms with van der Waals surface area (Å²) >= 11 is 0. The fourth-order valence-corrected chi connectivity index (χ4v) is 10.8. The lowest BCUT2D eigenvalue weighted by atomic mass is 10.1. The number of aromatic nitrogens is 1. The highest BCUT2D eigenvalue weighted by atomic mass is 28.4. The molecular formula is C36H42N2O6Si-. The van der Waals surface area contributed by atoms with E-state index in [9.17, 15) is 15.0 Å². The average Bonchev–Trinajstić information content (AvgIpc) is 3.06. The zero-order valence-corrected chi connectivity index (χ0v) is 27.1. The van der Waals surface area contributed by atoms with Gasteiger partial charge in [-0.3, -0.25) is 14.7 Å². The van der Waals surface area contributed by atoms with E-state index in [-0.39, 0.29) is 34.7 Å². The maximum absolute atomic E-state index is 11.7. The van der Waals surface area contributed by atoms with Crippen LogP contribution in [0.1, 0.15) is 48.6 Å². The van der Waals surface area contributed by atoms with E-state index < -0.39 is 14.5 Å². The van der Waals surface area contributed by atoms with E-state index in [0.29, 0.717) is 44.6 Å². The summed E-state index contributed by atoms with van der Waals surface area (Å²) in [7, 11) is -2.72. The molecular weight excluding hydrogens is 584 g/mol. The molecule has 3 aromatic carbocycles. The molecule has 0 amide bonds. The second kappa shape index (κ2) is 14.5. The van der Waals surface area contributed by atoms with E-state index in [1.807, 2.05) is 29.2 Å². The maximum Gasteiger partial charge on any atom is 0.157 e. The van der Waals surface area contributed by atoms with Crippen LogP contribution in [0.15, 0.2) is 97.2 Å². The Balaban J connectivity index is 1.36. The number of phenolic OH excluding ortho intramolecular Hbond substituents is 1. The molecule has 0 bridgehead atoms. The molecule has 2 N–H and O–H groups in total. The van der Waals surface area contributed by atoms with Gasteiger partial charge < -0.3 is 24.1 Å². The van der Waals surface area contributed by atoms with E-state index in [1.165, 1.54) is 16.4 Å². The number of aliphatic hydroxyl groups is 1. The van der Waals surface area contributed by atoms with Crippen molar-refractivity contribution in [1.29, 1.82) is 0 Å². The van der Waals surface area contributed by atoms with Crippen LogP contribution in [0.3, 0.4) is 0 Å². The van der Waals surface area contributed by atoms with Crippen LogP contribution in [0.5, 0.6) is 11.5 Å². The first-order valence-corrected chi connectivity index (χ1v) is 17.3. The SMILES string of the molecule is CC(C)(C)[Si-](OCCc1ncccc1C(O)N1CCOC[C@H]1COc1cccc(O)c1C=O)(c1ccccc1)c1ccccc1. The van der Waals surface area contributed by atoms with Crippen molar-refractivity contribution in [2.45, 2.75) is 44.5 Å². The van der Waals surface area contributed by atoms with Gasteiger partial charge in [0, 0.05) is 37.0 Å². The lowest BCUT2D eigenvalue weighted by molar-refractivity contribution is -0.106. The molecule has 8 nitrogen and oxygen atoms in total. The third-order valence-corrected chi connectivity index (χ3v) is 13.5. The molecule has 5 rings (SSSR count). The standard InChI is InChI=1S/C36H42N2O6Si/c1-36(2,3)45(28-12-6-4-7-13-28,29-14-8-5-9-15-29)44-22-19-32-30(16-11-20-37-32)35(41)38-21-23-42-25-27(38)26-43-34-18-10-17-33(40)31(34)24-39/h4-18,20,24,27,35,40-41H,19,21-23,25-26H2,1-3H3/q-1/t27-,35?/m0/s1. The van der Waals surface area contributed by atoms with Crippen molar-refractivity contribution in [3.63, 3.8) is 0 Å². The van der Waals surface area contributed by atoms with Crippen molar-refractivity contribution in [3.05, 3.63) is 114 Å². The number of ether oxygens (including phenoxy) is 2. The molecule has 0 radical (unpaired) electrons. The number of benzene rings is 3. The number of pyridine rings is 1. The Kier molecular flexibility index (Phi) is 10.5. The van der Waals surface area contributed by atoms with E-state index >= 15 is 0 Å². The maximum atomic E-state index is 11.7. The number of phenols is 1. The van der Waals surface area contributed by atoms with Crippen LogP contribution in [0.4, 0.5) is 0 Å². The molecule has 237 valence electrons. The molecule has 1 unspecified atom stereocenters. The summed E-state index contributed by atoms with van der Waals surface area (Å²) in [6, 6.07) is 29.2. The summed E-state index contributed by atoms with van der Waals surface area (Å²) in [5.41, 5.74) is 1.57. The molecule has 4 aromatic rings. The normalized spacial score (nSPS) is 16.7.